The average Bonchev–Trinajstić information content (AvgIpc) is 3.40. The Hall–Kier alpha value is -3.64. The minimum absolute atomic E-state index is 0.118. The summed E-state index contributed by atoms with van der Waals surface area (Å²) < 4.78 is 16.7. The molecule has 2 aromatic carbocycles. The first-order chi connectivity index (χ1) is 16.8. The zero-order valence-electron chi connectivity index (χ0n) is 18.4. The Bertz CT molecular complexity index is 1400. The fraction of sp³-hybridized carbons (Fsp3) is 0.217. The number of fused-ring (bicyclic) bond motifs is 1. The summed E-state index contributed by atoms with van der Waals surface area (Å²) in [6.07, 6.45) is 0. The van der Waals surface area contributed by atoms with Crippen molar-refractivity contribution in [3.8, 4) is 23.0 Å². The van der Waals surface area contributed by atoms with E-state index in [-0.39, 0.29) is 32.2 Å². The molecular weight excluding hydrogens is 542 g/mol. The lowest BCUT2D eigenvalue weighted by Crippen LogP contribution is -2.29. The fourth-order valence-electron chi connectivity index (χ4n) is 3.98. The molecule has 1 atom stereocenters. The number of aliphatic hydroxyl groups is 1. The summed E-state index contributed by atoms with van der Waals surface area (Å²) in [6.45, 7) is 2.48. The third kappa shape index (κ3) is 3.88. The van der Waals surface area contributed by atoms with Crippen molar-refractivity contribution in [1.82, 2.24) is 10.2 Å². The van der Waals surface area contributed by atoms with Crippen molar-refractivity contribution in [2.24, 2.45) is 0 Å². The largest absolute Gasteiger partial charge is 0.507 e. The van der Waals surface area contributed by atoms with Crippen LogP contribution in [0, 0.1) is 6.92 Å². The number of aliphatic hydroxyl groups excluding tert-OH is 1. The summed E-state index contributed by atoms with van der Waals surface area (Å²) in [5, 5.41) is 30.4. The van der Waals surface area contributed by atoms with Crippen molar-refractivity contribution in [2.75, 3.05) is 25.2 Å². The number of benzene rings is 2. The van der Waals surface area contributed by atoms with Gasteiger partial charge in [-0.2, -0.15) is 0 Å². The van der Waals surface area contributed by atoms with Crippen LogP contribution in [-0.2, 0) is 9.59 Å². The molecule has 180 valence electrons. The van der Waals surface area contributed by atoms with Crippen molar-refractivity contribution >= 4 is 49.8 Å². The Kier molecular flexibility index (Phi) is 5.85. The van der Waals surface area contributed by atoms with Gasteiger partial charge in [-0.1, -0.05) is 11.3 Å². The van der Waals surface area contributed by atoms with Gasteiger partial charge in [-0.15, -0.1) is 10.2 Å². The highest BCUT2D eigenvalue weighted by Gasteiger charge is 2.48. The smallest absolute Gasteiger partial charge is 0.301 e. The molecule has 0 saturated carbocycles. The molecule has 10 nitrogen and oxygen atoms in total. The first kappa shape index (κ1) is 23.1. The zero-order chi connectivity index (χ0) is 24.9. The van der Waals surface area contributed by atoms with Gasteiger partial charge >= 0.3 is 5.91 Å². The van der Waals surface area contributed by atoms with E-state index in [0.717, 1.165) is 11.3 Å². The molecule has 3 aromatic rings. The average molecular weight is 560 g/mol. The van der Waals surface area contributed by atoms with E-state index in [1.165, 1.54) is 18.1 Å². The van der Waals surface area contributed by atoms with E-state index in [2.05, 4.69) is 26.1 Å². The van der Waals surface area contributed by atoms with Crippen LogP contribution in [0.3, 0.4) is 0 Å². The van der Waals surface area contributed by atoms with Crippen LogP contribution in [0.5, 0.6) is 23.0 Å². The second-order valence-electron chi connectivity index (χ2n) is 7.68. The van der Waals surface area contributed by atoms with Gasteiger partial charge < -0.3 is 24.4 Å². The number of aromatic nitrogens is 2. The van der Waals surface area contributed by atoms with Gasteiger partial charge in [0.15, 0.2) is 23.0 Å². The minimum Gasteiger partial charge on any atom is -0.507 e. The Morgan fingerprint density at radius 1 is 1.17 bits per heavy atom. The van der Waals surface area contributed by atoms with Gasteiger partial charge in [0.25, 0.3) is 5.78 Å². The maximum atomic E-state index is 13.3. The van der Waals surface area contributed by atoms with Gasteiger partial charge in [0.05, 0.1) is 23.2 Å². The number of ketones is 1. The van der Waals surface area contributed by atoms with Crippen LogP contribution in [0.25, 0.3) is 5.76 Å². The van der Waals surface area contributed by atoms with Crippen LogP contribution in [0.2, 0.25) is 0 Å². The van der Waals surface area contributed by atoms with E-state index < -0.39 is 23.5 Å². The standard InChI is InChI=1S/C23H18BrN3O7S/c1-10-25-26-23(35-10)27-18(12-7-13(24)20(29)16(9-12)32-2)17(21(30)22(27)31)19(28)11-3-4-14-15(8-11)34-6-5-33-14/h3-4,7-9,18,28-29H,5-6H2,1-2H3/b19-17+/t18-/m0/s1. The zero-order valence-corrected chi connectivity index (χ0v) is 20.8. The molecule has 12 heteroatoms. The predicted octanol–water partition coefficient (Wildman–Crippen LogP) is 3.72. The Morgan fingerprint density at radius 3 is 2.60 bits per heavy atom. The number of anilines is 1. The summed E-state index contributed by atoms with van der Waals surface area (Å²) in [4.78, 5) is 27.7. The Morgan fingerprint density at radius 2 is 1.91 bits per heavy atom. The number of hydrogen-bond acceptors (Lipinski definition) is 10. The number of amides is 1. The number of carbonyl (C=O) groups is 2. The highest BCUT2D eigenvalue weighted by Crippen LogP contribution is 2.47. The van der Waals surface area contributed by atoms with Gasteiger partial charge in [0.2, 0.25) is 5.13 Å². The molecule has 35 heavy (non-hydrogen) atoms. The SMILES string of the molecule is COc1cc([C@H]2/C(=C(\O)c3ccc4c(c3)OCCO4)C(=O)C(=O)N2c2nnc(C)s2)cc(Br)c1O. The highest BCUT2D eigenvalue weighted by atomic mass is 79.9. The molecule has 2 N–H and O–H groups in total. The summed E-state index contributed by atoms with van der Waals surface area (Å²) in [5.74, 6) is -1.25. The molecule has 0 bridgehead atoms. The van der Waals surface area contributed by atoms with Gasteiger partial charge in [-0.05, 0) is 58.7 Å². The maximum absolute atomic E-state index is 13.3. The molecule has 1 amide bonds. The number of phenols is 1. The van der Waals surface area contributed by atoms with Crippen LogP contribution in [0.1, 0.15) is 22.2 Å². The van der Waals surface area contributed by atoms with E-state index in [1.807, 2.05) is 0 Å². The second kappa shape index (κ2) is 8.86. The number of ether oxygens (including phenoxy) is 3. The molecule has 5 rings (SSSR count). The summed E-state index contributed by atoms with van der Waals surface area (Å²) >= 11 is 4.42. The molecule has 1 saturated heterocycles. The van der Waals surface area contributed by atoms with Gasteiger partial charge in [0.1, 0.15) is 24.0 Å². The van der Waals surface area contributed by atoms with Crippen LogP contribution >= 0.6 is 27.3 Å². The van der Waals surface area contributed by atoms with Crippen LogP contribution in [0.4, 0.5) is 5.13 Å². The minimum atomic E-state index is -1.07. The second-order valence-corrected chi connectivity index (χ2v) is 9.70. The van der Waals surface area contributed by atoms with Crippen molar-refractivity contribution < 1.29 is 34.0 Å². The van der Waals surface area contributed by atoms with Gasteiger partial charge in [-0.25, -0.2) is 0 Å². The number of Topliss-reactive ketones (excluding diaryl/α,β-unsaturated/α-hetero) is 1. The van der Waals surface area contributed by atoms with Crippen LogP contribution in [0.15, 0.2) is 40.4 Å². The third-order valence-electron chi connectivity index (χ3n) is 5.57. The molecule has 2 aliphatic heterocycles. The molecule has 0 unspecified atom stereocenters. The monoisotopic (exact) mass is 559 g/mol. The van der Waals surface area contributed by atoms with E-state index in [0.29, 0.717) is 35.3 Å². The first-order valence-corrected chi connectivity index (χ1v) is 12.0. The van der Waals surface area contributed by atoms with E-state index >= 15 is 0 Å². The quantitative estimate of drug-likeness (QED) is 0.279. The number of aryl methyl sites for hydroxylation is 1. The summed E-state index contributed by atoms with van der Waals surface area (Å²) in [7, 11) is 1.38. The van der Waals surface area contributed by atoms with E-state index in [9.17, 15) is 19.8 Å². The number of carbonyl (C=O) groups excluding carboxylic acids is 2. The molecule has 2 aliphatic rings. The predicted molar refractivity (Wildman–Crippen MR) is 129 cm³/mol. The molecule has 1 aromatic heterocycles. The fourth-order valence-corrected chi connectivity index (χ4v) is 5.16. The number of nitrogens with zero attached hydrogens (tertiary/aromatic N) is 3. The Labute approximate surface area is 211 Å². The maximum Gasteiger partial charge on any atom is 0.301 e. The number of aromatic hydroxyl groups is 1. The van der Waals surface area contributed by atoms with E-state index in [4.69, 9.17) is 14.2 Å². The number of rotatable bonds is 4. The van der Waals surface area contributed by atoms with Gasteiger partial charge in [-0.3, -0.25) is 14.5 Å². The molecule has 3 heterocycles. The molecule has 0 radical (unpaired) electrons. The lowest BCUT2D eigenvalue weighted by Gasteiger charge is -2.24. The summed E-state index contributed by atoms with van der Waals surface area (Å²) in [6, 6.07) is 6.73. The van der Waals surface area contributed by atoms with Crippen LogP contribution in [-0.4, -0.2) is 52.4 Å². The summed E-state index contributed by atoms with van der Waals surface area (Å²) in [5.41, 5.74) is 0.521. The number of hydrogen-bond donors (Lipinski definition) is 2. The lowest BCUT2D eigenvalue weighted by molar-refractivity contribution is -0.132. The van der Waals surface area contributed by atoms with Crippen molar-refractivity contribution in [3.63, 3.8) is 0 Å². The van der Waals surface area contributed by atoms with Gasteiger partial charge in [0, 0.05) is 5.56 Å². The molecule has 1 fully saturated rings. The van der Waals surface area contributed by atoms with Crippen molar-refractivity contribution in [3.05, 3.63) is 56.5 Å². The first-order valence-electron chi connectivity index (χ1n) is 10.4. The van der Waals surface area contributed by atoms with E-state index in [1.54, 1.807) is 31.2 Å². The number of methoxy groups -OCH3 is 1. The lowest BCUT2D eigenvalue weighted by atomic mass is 9.95. The molecular formula is C23H18BrN3O7S. The van der Waals surface area contributed by atoms with Crippen molar-refractivity contribution in [1.29, 1.82) is 0 Å². The normalized spacial score (nSPS) is 18.7. The number of halogens is 1. The number of phenolic OH excluding ortho intramolecular Hbond substituents is 1. The van der Waals surface area contributed by atoms with Crippen molar-refractivity contribution in [2.45, 2.75) is 13.0 Å². The molecule has 0 spiro atoms. The third-order valence-corrected chi connectivity index (χ3v) is 7.01. The van der Waals surface area contributed by atoms with Crippen LogP contribution < -0.4 is 19.1 Å². The Balaban J connectivity index is 1.73. The topological polar surface area (TPSA) is 131 Å². The highest BCUT2D eigenvalue weighted by molar-refractivity contribution is 9.10. The molecule has 0 aliphatic carbocycles.